The Labute approximate surface area is 253 Å². The van der Waals surface area contributed by atoms with Gasteiger partial charge in [0.1, 0.15) is 31.0 Å². The molecule has 0 spiro atoms. The molecule has 5 atom stereocenters. The molecule has 7 heteroatoms. The summed E-state index contributed by atoms with van der Waals surface area (Å²) in [5.74, 6) is -0.406. The van der Waals surface area contributed by atoms with Crippen molar-refractivity contribution in [3.8, 4) is 0 Å². The third kappa shape index (κ3) is 9.32. The zero-order chi connectivity index (χ0) is 29.7. The van der Waals surface area contributed by atoms with E-state index in [0.717, 1.165) is 22.3 Å². The van der Waals surface area contributed by atoms with E-state index in [0.29, 0.717) is 26.4 Å². The number of carbonyl (C=O) groups is 1. The van der Waals surface area contributed by atoms with E-state index >= 15 is 0 Å². The van der Waals surface area contributed by atoms with Crippen LogP contribution in [0.1, 0.15) is 29.2 Å². The van der Waals surface area contributed by atoms with Crippen LogP contribution in [0.5, 0.6) is 0 Å². The first-order valence-electron chi connectivity index (χ1n) is 14.6. The van der Waals surface area contributed by atoms with Crippen molar-refractivity contribution in [3.63, 3.8) is 0 Å². The van der Waals surface area contributed by atoms with Gasteiger partial charge in [0.25, 0.3) is 0 Å². The predicted molar refractivity (Wildman–Crippen MR) is 162 cm³/mol. The van der Waals surface area contributed by atoms with E-state index in [4.69, 9.17) is 28.4 Å². The summed E-state index contributed by atoms with van der Waals surface area (Å²) in [6.07, 6.45) is -3.36. The van der Waals surface area contributed by atoms with Crippen LogP contribution in [-0.4, -0.2) is 43.3 Å². The van der Waals surface area contributed by atoms with E-state index in [1.165, 1.54) is 6.92 Å². The van der Waals surface area contributed by atoms with Crippen LogP contribution >= 0.6 is 0 Å². The van der Waals surface area contributed by atoms with Crippen molar-refractivity contribution in [1.29, 1.82) is 0 Å². The third-order valence-electron chi connectivity index (χ3n) is 7.15. The Kier molecular flexibility index (Phi) is 11.5. The van der Waals surface area contributed by atoms with Crippen molar-refractivity contribution in [2.24, 2.45) is 0 Å². The molecule has 43 heavy (non-hydrogen) atoms. The Morgan fingerprint density at radius 3 is 1.33 bits per heavy atom. The number of hydrogen-bond acceptors (Lipinski definition) is 7. The Bertz CT molecular complexity index is 1350. The minimum atomic E-state index is -0.818. The van der Waals surface area contributed by atoms with Gasteiger partial charge in [-0.1, -0.05) is 121 Å². The summed E-state index contributed by atoms with van der Waals surface area (Å²) in [6.45, 7) is 2.63. The largest absolute Gasteiger partial charge is 0.463 e. The van der Waals surface area contributed by atoms with Gasteiger partial charge in [-0.2, -0.15) is 0 Å². The molecule has 1 aliphatic rings. The Morgan fingerprint density at radius 2 is 0.907 bits per heavy atom. The average Bonchev–Trinajstić information content (AvgIpc) is 3.05. The van der Waals surface area contributed by atoms with Gasteiger partial charge in [0.2, 0.25) is 0 Å². The lowest BCUT2D eigenvalue weighted by Crippen LogP contribution is -2.61. The molecule has 0 amide bonds. The van der Waals surface area contributed by atoms with Crippen molar-refractivity contribution < 1.29 is 33.2 Å². The molecule has 5 rings (SSSR count). The Balaban J connectivity index is 1.45. The summed E-state index contributed by atoms with van der Waals surface area (Å²) in [6, 6.07) is 39.7. The number of rotatable bonds is 14. The Hall–Kier alpha value is -3.85. The fraction of sp³-hybridized carbons (Fsp3) is 0.306. The minimum absolute atomic E-state index is 0.0173. The van der Waals surface area contributed by atoms with Crippen LogP contribution in [-0.2, 0) is 59.6 Å². The van der Waals surface area contributed by atoms with Crippen molar-refractivity contribution >= 4 is 5.97 Å². The van der Waals surface area contributed by atoms with Gasteiger partial charge in [-0.25, -0.2) is 0 Å². The van der Waals surface area contributed by atoms with E-state index in [2.05, 4.69) is 0 Å². The van der Waals surface area contributed by atoms with E-state index in [9.17, 15) is 4.79 Å². The predicted octanol–water partition coefficient (Wildman–Crippen LogP) is 6.25. The van der Waals surface area contributed by atoms with Crippen LogP contribution in [0.4, 0.5) is 0 Å². The molecule has 1 heterocycles. The smallest absolute Gasteiger partial charge is 0.302 e. The first kappa shape index (κ1) is 30.6. The molecule has 1 aliphatic heterocycles. The number of ether oxygens (including phenoxy) is 6. The van der Waals surface area contributed by atoms with Crippen LogP contribution in [0.15, 0.2) is 121 Å². The van der Waals surface area contributed by atoms with Gasteiger partial charge in [0, 0.05) is 6.92 Å². The topological polar surface area (TPSA) is 72.5 Å². The minimum Gasteiger partial charge on any atom is -0.463 e. The lowest BCUT2D eigenvalue weighted by atomic mass is 9.97. The molecule has 224 valence electrons. The summed E-state index contributed by atoms with van der Waals surface area (Å²) in [5.41, 5.74) is 4.01. The number of benzene rings is 4. The van der Waals surface area contributed by atoms with Crippen LogP contribution < -0.4 is 0 Å². The summed E-state index contributed by atoms with van der Waals surface area (Å²) in [7, 11) is 0. The van der Waals surface area contributed by atoms with Crippen molar-refractivity contribution in [2.75, 3.05) is 6.61 Å². The van der Waals surface area contributed by atoms with Crippen molar-refractivity contribution in [2.45, 2.75) is 64.1 Å². The van der Waals surface area contributed by atoms with E-state index in [1.54, 1.807) is 0 Å². The second-order valence-corrected chi connectivity index (χ2v) is 10.4. The van der Waals surface area contributed by atoms with Gasteiger partial charge in [-0.3, -0.25) is 4.79 Å². The SMILES string of the molecule is CC(=O)OCC1OC(OCc2ccccc2)C(OCc2ccccc2)C(OCc2ccccc2)C1OCc1ccccc1. The molecule has 4 aromatic carbocycles. The van der Waals surface area contributed by atoms with Crippen molar-refractivity contribution in [3.05, 3.63) is 144 Å². The van der Waals surface area contributed by atoms with Gasteiger partial charge in [0.15, 0.2) is 6.29 Å². The monoisotopic (exact) mass is 582 g/mol. The second-order valence-electron chi connectivity index (χ2n) is 10.4. The van der Waals surface area contributed by atoms with Gasteiger partial charge >= 0.3 is 5.97 Å². The summed E-state index contributed by atoms with van der Waals surface area (Å²) < 4.78 is 38.1. The van der Waals surface area contributed by atoms with Gasteiger partial charge < -0.3 is 28.4 Å². The van der Waals surface area contributed by atoms with E-state index in [-0.39, 0.29) is 6.61 Å². The highest BCUT2D eigenvalue weighted by atomic mass is 16.7. The molecule has 0 bridgehead atoms. The Morgan fingerprint density at radius 1 is 0.535 bits per heavy atom. The number of carbonyl (C=O) groups excluding carboxylic acids is 1. The van der Waals surface area contributed by atoms with Crippen molar-refractivity contribution in [1.82, 2.24) is 0 Å². The number of hydrogen-bond donors (Lipinski definition) is 0. The fourth-order valence-corrected chi connectivity index (χ4v) is 4.97. The quantitative estimate of drug-likeness (QED) is 0.163. The second kappa shape index (κ2) is 16.1. The highest BCUT2D eigenvalue weighted by Crippen LogP contribution is 2.32. The highest BCUT2D eigenvalue weighted by molar-refractivity contribution is 5.65. The summed E-state index contributed by atoms with van der Waals surface area (Å²) in [4.78, 5) is 11.9. The summed E-state index contributed by atoms with van der Waals surface area (Å²) in [5, 5.41) is 0. The molecular formula is C36H38O7. The fourth-order valence-electron chi connectivity index (χ4n) is 4.97. The van der Waals surface area contributed by atoms with Crippen LogP contribution in [0.2, 0.25) is 0 Å². The number of esters is 1. The molecule has 1 saturated heterocycles. The van der Waals surface area contributed by atoms with Gasteiger partial charge in [-0.05, 0) is 22.3 Å². The standard InChI is InChI=1S/C36H38O7/c1-27(37)38-26-32-33(39-22-28-14-6-2-7-15-28)34(40-23-29-16-8-3-9-17-29)35(41-24-30-18-10-4-11-19-30)36(43-32)42-25-31-20-12-5-13-21-31/h2-21,32-36H,22-26H2,1H3. The van der Waals surface area contributed by atoms with E-state index < -0.39 is 36.7 Å². The lowest BCUT2D eigenvalue weighted by Gasteiger charge is -2.45. The average molecular weight is 583 g/mol. The molecular weight excluding hydrogens is 544 g/mol. The third-order valence-corrected chi connectivity index (χ3v) is 7.15. The molecule has 5 unspecified atom stereocenters. The molecule has 0 aliphatic carbocycles. The normalized spacial score (nSPS) is 21.7. The lowest BCUT2D eigenvalue weighted by molar-refractivity contribution is -0.329. The van der Waals surface area contributed by atoms with Crippen LogP contribution in [0.3, 0.4) is 0 Å². The van der Waals surface area contributed by atoms with E-state index in [1.807, 2.05) is 121 Å². The molecule has 0 N–H and O–H groups in total. The zero-order valence-corrected chi connectivity index (χ0v) is 24.3. The van der Waals surface area contributed by atoms with Crippen LogP contribution in [0, 0.1) is 0 Å². The zero-order valence-electron chi connectivity index (χ0n) is 24.3. The molecule has 0 radical (unpaired) electrons. The highest BCUT2D eigenvalue weighted by Gasteiger charge is 2.49. The summed E-state index contributed by atoms with van der Waals surface area (Å²) >= 11 is 0. The maximum Gasteiger partial charge on any atom is 0.302 e. The molecule has 1 fully saturated rings. The van der Waals surface area contributed by atoms with Gasteiger partial charge in [-0.15, -0.1) is 0 Å². The maximum absolute atomic E-state index is 11.9. The molecule has 0 aromatic heterocycles. The first-order valence-corrected chi connectivity index (χ1v) is 14.6. The molecule has 4 aromatic rings. The van der Waals surface area contributed by atoms with Crippen LogP contribution in [0.25, 0.3) is 0 Å². The maximum atomic E-state index is 11.9. The molecule has 7 nitrogen and oxygen atoms in total. The first-order chi connectivity index (χ1) is 21.2. The molecule has 0 saturated carbocycles. The van der Waals surface area contributed by atoms with Gasteiger partial charge in [0.05, 0.1) is 26.4 Å².